The third-order valence-electron chi connectivity index (χ3n) is 1.68. The number of methoxy groups -OCH3 is 1. The molecule has 1 aromatic rings. The molecular formula is C9H13ClN2O2. The number of nitrogens with two attached hydrogens (primary N) is 1. The Kier molecular flexibility index (Phi) is 5.12. The van der Waals surface area contributed by atoms with Gasteiger partial charge in [-0.05, 0) is 19.1 Å². The Bertz CT molecular complexity index is 317. The number of pyridine rings is 1. The summed E-state index contributed by atoms with van der Waals surface area (Å²) < 4.78 is 4.50. The zero-order chi connectivity index (χ0) is 9.84. The average molecular weight is 217 g/mol. The van der Waals surface area contributed by atoms with Crippen molar-refractivity contribution < 1.29 is 9.53 Å². The molecule has 0 fully saturated rings. The fraction of sp³-hybridized carbons (Fsp3) is 0.333. The summed E-state index contributed by atoms with van der Waals surface area (Å²) in [6.07, 6.45) is 0. The fourth-order valence-corrected chi connectivity index (χ4v) is 0.985. The van der Waals surface area contributed by atoms with E-state index in [9.17, 15) is 4.79 Å². The van der Waals surface area contributed by atoms with Crippen LogP contribution in [0.15, 0.2) is 18.2 Å². The Morgan fingerprint density at radius 2 is 2.21 bits per heavy atom. The van der Waals surface area contributed by atoms with Gasteiger partial charge in [0.2, 0.25) is 0 Å². The summed E-state index contributed by atoms with van der Waals surface area (Å²) in [6, 6.07) is 4.56. The maximum atomic E-state index is 11.0. The molecule has 1 atom stereocenters. The molecule has 2 N–H and O–H groups in total. The largest absolute Gasteiger partial charge is 0.468 e. The first-order chi connectivity index (χ1) is 6.15. The lowest BCUT2D eigenvalue weighted by molar-refractivity contribution is -0.142. The summed E-state index contributed by atoms with van der Waals surface area (Å²) in [5, 5.41) is 0. The third-order valence-corrected chi connectivity index (χ3v) is 1.68. The lowest BCUT2D eigenvalue weighted by Crippen LogP contribution is -2.23. The number of aromatic nitrogens is 1. The number of carbonyl (C=O) groups is 1. The van der Waals surface area contributed by atoms with Crippen LogP contribution in [0.4, 0.5) is 0 Å². The highest BCUT2D eigenvalue weighted by atomic mass is 35.5. The summed E-state index contributed by atoms with van der Waals surface area (Å²) >= 11 is 0. The maximum Gasteiger partial charge on any atom is 0.328 e. The number of nitrogens with zero attached hydrogens (tertiary/aromatic N) is 1. The van der Waals surface area contributed by atoms with Gasteiger partial charge < -0.3 is 10.5 Å². The highest BCUT2D eigenvalue weighted by Gasteiger charge is 2.16. The molecule has 14 heavy (non-hydrogen) atoms. The van der Waals surface area contributed by atoms with Gasteiger partial charge in [-0.1, -0.05) is 6.07 Å². The van der Waals surface area contributed by atoms with E-state index in [1.165, 1.54) is 7.11 Å². The number of ether oxygens (including phenoxy) is 1. The van der Waals surface area contributed by atoms with E-state index in [0.717, 1.165) is 5.69 Å². The highest BCUT2D eigenvalue weighted by molar-refractivity contribution is 5.85. The van der Waals surface area contributed by atoms with Crippen molar-refractivity contribution in [2.45, 2.75) is 13.0 Å². The Balaban J connectivity index is 0.00000169. The van der Waals surface area contributed by atoms with Gasteiger partial charge in [0.25, 0.3) is 0 Å². The van der Waals surface area contributed by atoms with Gasteiger partial charge in [0.1, 0.15) is 6.04 Å². The minimum atomic E-state index is -0.787. The Morgan fingerprint density at radius 1 is 1.57 bits per heavy atom. The highest BCUT2D eigenvalue weighted by Crippen LogP contribution is 2.08. The molecule has 0 aliphatic carbocycles. The van der Waals surface area contributed by atoms with E-state index in [2.05, 4.69) is 9.72 Å². The van der Waals surface area contributed by atoms with Crippen LogP contribution in [0.1, 0.15) is 17.4 Å². The van der Waals surface area contributed by atoms with Crippen molar-refractivity contribution in [1.29, 1.82) is 0 Å². The van der Waals surface area contributed by atoms with Gasteiger partial charge in [-0.25, -0.2) is 4.79 Å². The van der Waals surface area contributed by atoms with Crippen molar-refractivity contribution >= 4 is 18.4 Å². The molecule has 1 heterocycles. The number of aryl methyl sites for hydroxylation is 1. The first-order valence-electron chi connectivity index (χ1n) is 3.92. The smallest absolute Gasteiger partial charge is 0.328 e. The summed E-state index contributed by atoms with van der Waals surface area (Å²) in [5.41, 5.74) is 6.95. The molecular weight excluding hydrogens is 204 g/mol. The summed E-state index contributed by atoms with van der Waals surface area (Å²) in [4.78, 5) is 15.2. The number of hydrogen-bond acceptors (Lipinski definition) is 4. The zero-order valence-electron chi connectivity index (χ0n) is 8.06. The van der Waals surface area contributed by atoms with E-state index in [0.29, 0.717) is 5.69 Å². The minimum Gasteiger partial charge on any atom is -0.468 e. The third kappa shape index (κ3) is 2.97. The molecule has 4 nitrogen and oxygen atoms in total. The lowest BCUT2D eigenvalue weighted by Gasteiger charge is -2.08. The normalized spacial score (nSPS) is 11.4. The average Bonchev–Trinajstić information content (AvgIpc) is 2.15. The van der Waals surface area contributed by atoms with Gasteiger partial charge >= 0.3 is 5.97 Å². The molecule has 5 heteroatoms. The Labute approximate surface area is 88.9 Å². The van der Waals surface area contributed by atoms with Gasteiger partial charge in [0.15, 0.2) is 0 Å². The van der Waals surface area contributed by atoms with Crippen LogP contribution in [0.3, 0.4) is 0 Å². The van der Waals surface area contributed by atoms with Gasteiger partial charge in [-0.3, -0.25) is 4.98 Å². The molecule has 0 saturated carbocycles. The number of hydrogen-bond donors (Lipinski definition) is 1. The van der Waals surface area contributed by atoms with Crippen LogP contribution in [-0.4, -0.2) is 18.1 Å². The minimum absolute atomic E-state index is 0. The van der Waals surface area contributed by atoms with Gasteiger partial charge in [-0.15, -0.1) is 12.4 Å². The molecule has 1 aromatic heterocycles. The van der Waals surface area contributed by atoms with E-state index in [-0.39, 0.29) is 12.4 Å². The predicted molar refractivity (Wildman–Crippen MR) is 55.2 cm³/mol. The molecule has 0 spiro atoms. The van der Waals surface area contributed by atoms with Crippen LogP contribution in [0, 0.1) is 6.92 Å². The molecule has 78 valence electrons. The number of rotatable bonds is 2. The number of esters is 1. The van der Waals surface area contributed by atoms with Crippen molar-refractivity contribution in [2.24, 2.45) is 5.73 Å². The Morgan fingerprint density at radius 3 is 2.71 bits per heavy atom. The monoisotopic (exact) mass is 216 g/mol. The maximum absolute atomic E-state index is 11.0. The summed E-state index contributed by atoms with van der Waals surface area (Å²) in [7, 11) is 1.30. The van der Waals surface area contributed by atoms with Crippen LogP contribution in [0.25, 0.3) is 0 Å². The molecule has 0 unspecified atom stereocenters. The van der Waals surface area contributed by atoms with Crippen molar-refractivity contribution in [1.82, 2.24) is 4.98 Å². The zero-order valence-corrected chi connectivity index (χ0v) is 8.88. The van der Waals surface area contributed by atoms with Gasteiger partial charge in [0.05, 0.1) is 12.8 Å². The summed E-state index contributed by atoms with van der Waals surface area (Å²) in [6.45, 7) is 1.84. The van der Waals surface area contributed by atoms with Gasteiger partial charge in [0, 0.05) is 5.69 Å². The molecule has 0 saturated heterocycles. The molecule has 1 rings (SSSR count). The Hall–Kier alpha value is -1.13. The molecule has 0 aliphatic rings. The quantitative estimate of drug-likeness (QED) is 0.749. The first kappa shape index (κ1) is 12.9. The summed E-state index contributed by atoms with van der Waals surface area (Å²) in [5.74, 6) is -0.474. The second kappa shape index (κ2) is 5.57. The van der Waals surface area contributed by atoms with E-state index < -0.39 is 12.0 Å². The van der Waals surface area contributed by atoms with Crippen molar-refractivity contribution in [2.75, 3.05) is 7.11 Å². The van der Waals surface area contributed by atoms with Crippen LogP contribution >= 0.6 is 12.4 Å². The topological polar surface area (TPSA) is 65.2 Å². The van der Waals surface area contributed by atoms with Crippen LogP contribution < -0.4 is 5.73 Å². The molecule has 0 radical (unpaired) electrons. The predicted octanol–water partition coefficient (Wildman–Crippen LogP) is 0.985. The van der Waals surface area contributed by atoms with Crippen molar-refractivity contribution in [3.05, 3.63) is 29.6 Å². The molecule has 0 bridgehead atoms. The van der Waals surface area contributed by atoms with E-state index in [4.69, 9.17) is 5.73 Å². The second-order valence-corrected chi connectivity index (χ2v) is 2.70. The number of halogens is 1. The SMILES string of the molecule is COC(=O)[C@@H](N)c1cccc(C)n1.Cl. The van der Waals surface area contributed by atoms with Crippen LogP contribution in [0.2, 0.25) is 0 Å². The van der Waals surface area contributed by atoms with E-state index >= 15 is 0 Å². The van der Waals surface area contributed by atoms with E-state index in [1.807, 2.05) is 13.0 Å². The second-order valence-electron chi connectivity index (χ2n) is 2.70. The first-order valence-corrected chi connectivity index (χ1v) is 3.92. The van der Waals surface area contributed by atoms with Crippen LogP contribution in [-0.2, 0) is 9.53 Å². The van der Waals surface area contributed by atoms with Crippen molar-refractivity contribution in [3.63, 3.8) is 0 Å². The van der Waals surface area contributed by atoms with Gasteiger partial charge in [-0.2, -0.15) is 0 Å². The lowest BCUT2D eigenvalue weighted by atomic mass is 10.2. The molecule has 0 aliphatic heterocycles. The molecule has 0 aromatic carbocycles. The standard InChI is InChI=1S/C9H12N2O2.ClH/c1-6-4-3-5-7(11-6)8(10)9(12)13-2;/h3-5,8H,10H2,1-2H3;1H/t8-;/m0./s1. The van der Waals surface area contributed by atoms with E-state index in [1.54, 1.807) is 12.1 Å². The van der Waals surface area contributed by atoms with Crippen molar-refractivity contribution in [3.8, 4) is 0 Å². The number of carbonyl (C=O) groups excluding carboxylic acids is 1. The fourth-order valence-electron chi connectivity index (χ4n) is 0.985. The van der Waals surface area contributed by atoms with Crippen LogP contribution in [0.5, 0.6) is 0 Å². The molecule has 0 amide bonds.